The number of nitrogens with zero attached hydrogens (tertiary/aromatic N) is 1. The van der Waals surface area contributed by atoms with Crippen molar-refractivity contribution in [2.24, 2.45) is 0 Å². The van der Waals surface area contributed by atoms with Crippen molar-refractivity contribution < 1.29 is 4.79 Å². The minimum Gasteiger partial charge on any atom is -0.353 e. The minimum absolute atomic E-state index is 0.0772. The van der Waals surface area contributed by atoms with E-state index >= 15 is 0 Å². The van der Waals surface area contributed by atoms with Crippen LogP contribution in [0.15, 0.2) is 40.1 Å². The number of aryl methyl sites for hydroxylation is 2. The van der Waals surface area contributed by atoms with Gasteiger partial charge in [0.2, 0.25) is 5.91 Å². The van der Waals surface area contributed by atoms with Crippen molar-refractivity contribution in [2.45, 2.75) is 37.1 Å². The lowest BCUT2D eigenvalue weighted by molar-refractivity contribution is -0.119. The highest BCUT2D eigenvalue weighted by atomic mass is 32.2. The normalized spacial score (nSPS) is 12.1. The number of carbonyl (C=O) groups is 1. The van der Waals surface area contributed by atoms with Crippen LogP contribution in [-0.4, -0.2) is 22.7 Å². The average molecular weight is 320 g/mol. The lowest BCUT2D eigenvalue weighted by Gasteiger charge is -2.13. The zero-order valence-corrected chi connectivity index (χ0v) is 14.0. The van der Waals surface area contributed by atoms with Crippen LogP contribution in [0.4, 0.5) is 0 Å². The zero-order chi connectivity index (χ0) is 15.1. The van der Waals surface area contributed by atoms with Crippen LogP contribution in [-0.2, 0) is 11.2 Å². The molecule has 0 saturated carbocycles. The number of thiazole rings is 1. The lowest BCUT2D eigenvalue weighted by Crippen LogP contribution is -2.34. The molecule has 0 radical (unpaired) electrons. The van der Waals surface area contributed by atoms with Crippen LogP contribution in [0.3, 0.4) is 0 Å². The van der Waals surface area contributed by atoms with Gasteiger partial charge in [-0.05, 0) is 32.3 Å². The fraction of sp³-hybridized carbons (Fsp3) is 0.375. The van der Waals surface area contributed by atoms with Gasteiger partial charge in [0.05, 0.1) is 5.75 Å². The number of carbonyl (C=O) groups excluding carboxylic acids is 1. The molecule has 1 amide bonds. The van der Waals surface area contributed by atoms with Crippen LogP contribution < -0.4 is 5.32 Å². The molecule has 21 heavy (non-hydrogen) atoms. The third-order valence-corrected chi connectivity index (χ3v) is 5.18. The molecule has 5 heteroatoms. The summed E-state index contributed by atoms with van der Waals surface area (Å²) in [6.07, 6.45) is 1.94. The van der Waals surface area contributed by atoms with E-state index in [4.69, 9.17) is 0 Å². The summed E-state index contributed by atoms with van der Waals surface area (Å²) in [7, 11) is 0. The van der Waals surface area contributed by atoms with Gasteiger partial charge in [0.15, 0.2) is 4.34 Å². The first-order chi connectivity index (χ1) is 10.1. The van der Waals surface area contributed by atoms with Crippen LogP contribution in [0.1, 0.15) is 24.6 Å². The predicted octanol–water partition coefficient (Wildman–Crippen LogP) is 3.68. The molecule has 1 unspecified atom stereocenters. The maximum absolute atomic E-state index is 11.9. The third kappa shape index (κ3) is 5.89. The largest absolute Gasteiger partial charge is 0.353 e. The summed E-state index contributed by atoms with van der Waals surface area (Å²) >= 11 is 3.09. The van der Waals surface area contributed by atoms with E-state index in [1.807, 2.05) is 30.5 Å². The Labute approximate surface area is 134 Å². The molecule has 1 atom stereocenters. The molecule has 0 saturated heterocycles. The second-order valence-corrected chi connectivity index (χ2v) is 7.12. The first kappa shape index (κ1) is 16.0. The van der Waals surface area contributed by atoms with Crippen LogP contribution in [0.25, 0.3) is 0 Å². The van der Waals surface area contributed by atoms with Gasteiger partial charge in [-0.1, -0.05) is 42.1 Å². The van der Waals surface area contributed by atoms with Crippen LogP contribution in [0.2, 0.25) is 0 Å². The van der Waals surface area contributed by atoms with E-state index in [1.54, 1.807) is 11.3 Å². The molecular weight excluding hydrogens is 300 g/mol. The number of rotatable bonds is 7. The highest BCUT2D eigenvalue weighted by molar-refractivity contribution is 8.01. The maximum Gasteiger partial charge on any atom is 0.230 e. The average Bonchev–Trinajstić information content (AvgIpc) is 2.90. The second-order valence-electron chi connectivity index (χ2n) is 5.04. The van der Waals surface area contributed by atoms with Crippen molar-refractivity contribution in [3.05, 3.63) is 47.0 Å². The summed E-state index contributed by atoms with van der Waals surface area (Å²) in [5.74, 6) is 0.510. The number of amides is 1. The smallest absolute Gasteiger partial charge is 0.230 e. The fourth-order valence-electron chi connectivity index (χ4n) is 1.94. The highest BCUT2D eigenvalue weighted by Crippen LogP contribution is 2.21. The number of benzene rings is 1. The summed E-state index contributed by atoms with van der Waals surface area (Å²) < 4.78 is 0.958. The van der Waals surface area contributed by atoms with Crippen LogP contribution in [0, 0.1) is 6.92 Å². The van der Waals surface area contributed by atoms with E-state index in [-0.39, 0.29) is 11.9 Å². The van der Waals surface area contributed by atoms with Crippen molar-refractivity contribution >= 4 is 29.0 Å². The van der Waals surface area contributed by atoms with Gasteiger partial charge in [0.25, 0.3) is 0 Å². The summed E-state index contributed by atoms with van der Waals surface area (Å²) in [6.45, 7) is 4.02. The Morgan fingerprint density at radius 1 is 1.38 bits per heavy atom. The Bertz CT molecular complexity index is 569. The Morgan fingerprint density at radius 3 is 2.81 bits per heavy atom. The summed E-state index contributed by atoms with van der Waals surface area (Å²) in [6, 6.07) is 10.5. The number of hydrogen-bond acceptors (Lipinski definition) is 4. The van der Waals surface area contributed by atoms with Gasteiger partial charge in [-0.25, -0.2) is 4.98 Å². The molecule has 1 N–H and O–H groups in total. The molecule has 3 nitrogen and oxygen atoms in total. The molecule has 1 heterocycles. The molecule has 0 fully saturated rings. The molecule has 0 aliphatic rings. The van der Waals surface area contributed by atoms with E-state index in [2.05, 4.69) is 29.4 Å². The number of nitrogens with one attached hydrogen (secondary N) is 1. The first-order valence-electron chi connectivity index (χ1n) is 7.01. The Kier molecular flexibility index (Phi) is 6.26. The van der Waals surface area contributed by atoms with E-state index < -0.39 is 0 Å². The van der Waals surface area contributed by atoms with Gasteiger partial charge in [-0.15, -0.1) is 11.3 Å². The molecule has 0 bridgehead atoms. The zero-order valence-electron chi connectivity index (χ0n) is 12.3. The number of hydrogen-bond donors (Lipinski definition) is 1. The van der Waals surface area contributed by atoms with Crippen LogP contribution >= 0.6 is 23.1 Å². The first-order valence-corrected chi connectivity index (χ1v) is 8.88. The second kappa shape index (κ2) is 8.20. The van der Waals surface area contributed by atoms with Crippen molar-refractivity contribution in [3.8, 4) is 0 Å². The van der Waals surface area contributed by atoms with Crippen molar-refractivity contribution in [1.82, 2.24) is 10.3 Å². The topological polar surface area (TPSA) is 42.0 Å². The van der Waals surface area contributed by atoms with Gasteiger partial charge in [0.1, 0.15) is 0 Å². The summed E-state index contributed by atoms with van der Waals surface area (Å²) in [5, 5.41) is 5.05. The molecular formula is C16H20N2OS2. The maximum atomic E-state index is 11.9. The van der Waals surface area contributed by atoms with E-state index in [0.717, 1.165) is 22.9 Å². The van der Waals surface area contributed by atoms with Crippen molar-refractivity contribution in [1.29, 1.82) is 0 Å². The Balaban J connectivity index is 1.67. The van der Waals surface area contributed by atoms with E-state index in [0.29, 0.717) is 5.75 Å². The summed E-state index contributed by atoms with van der Waals surface area (Å²) in [4.78, 5) is 16.2. The number of thioether (sulfide) groups is 1. The Hall–Kier alpha value is -1.33. The molecule has 1 aromatic heterocycles. The third-order valence-electron chi connectivity index (χ3n) is 3.04. The molecule has 0 aliphatic heterocycles. The number of aromatic nitrogens is 1. The molecule has 0 spiro atoms. The Morgan fingerprint density at radius 2 is 2.14 bits per heavy atom. The molecule has 112 valence electrons. The van der Waals surface area contributed by atoms with Gasteiger partial charge < -0.3 is 5.32 Å². The van der Waals surface area contributed by atoms with Gasteiger partial charge >= 0.3 is 0 Å². The monoisotopic (exact) mass is 320 g/mol. The molecule has 1 aromatic carbocycles. The molecule has 0 aliphatic carbocycles. The predicted molar refractivity (Wildman–Crippen MR) is 89.9 cm³/mol. The minimum atomic E-state index is 0.0772. The van der Waals surface area contributed by atoms with E-state index in [9.17, 15) is 4.79 Å². The molecule has 2 rings (SSSR count). The standard InChI is InChI=1S/C16H20N2OS2/c1-12(8-9-14-6-4-3-5-7-14)17-15(19)11-21-16-18-13(2)10-20-16/h3-7,10,12H,8-9,11H2,1-2H3,(H,17,19). The molecule has 2 aromatic rings. The van der Waals surface area contributed by atoms with E-state index in [1.165, 1.54) is 17.3 Å². The summed E-state index contributed by atoms with van der Waals surface area (Å²) in [5.41, 5.74) is 2.32. The highest BCUT2D eigenvalue weighted by Gasteiger charge is 2.09. The van der Waals surface area contributed by atoms with Crippen LogP contribution in [0.5, 0.6) is 0 Å². The van der Waals surface area contributed by atoms with Crippen molar-refractivity contribution in [2.75, 3.05) is 5.75 Å². The SMILES string of the molecule is Cc1csc(SCC(=O)NC(C)CCc2ccccc2)n1. The van der Waals surface area contributed by atoms with Gasteiger partial charge in [-0.2, -0.15) is 0 Å². The van der Waals surface area contributed by atoms with Crippen molar-refractivity contribution in [3.63, 3.8) is 0 Å². The quantitative estimate of drug-likeness (QED) is 0.791. The lowest BCUT2D eigenvalue weighted by atomic mass is 10.1. The van der Waals surface area contributed by atoms with Gasteiger partial charge in [0, 0.05) is 17.1 Å². The van der Waals surface area contributed by atoms with Gasteiger partial charge in [-0.3, -0.25) is 4.79 Å². The fourth-order valence-corrected chi connectivity index (χ4v) is 3.60.